The molecule has 12 atom stereocenters. The molecule has 8 fully saturated rings. The third kappa shape index (κ3) is 2.37. The van der Waals surface area contributed by atoms with Crippen LogP contribution in [-0.4, -0.2) is 85.3 Å². The van der Waals surface area contributed by atoms with Crippen LogP contribution in [-0.2, 0) is 20.3 Å². The van der Waals surface area contributed by atoms with Gasteiger partial charge >= 0.3 is 0 Å². The van der Waals surface area contributed by atoms with Gasteiger partial charge in [-0.15, -0.1) is 0 Å². The summed E-state index contributed by atoms with van der Waals surface area (Å²) >= 11 is 0. The van der Waals surface area contributed by atoms with Gasteiger partial charge in [-0.3, -0.25) is 9.80 Å². The molecule has 6 saturated heterocycles. The number of piperidine rings is 2. The second-order valence-electron chi connectivity index (χ2n) is 16.1. The quantitative estimate of drug-likeness (QED) is 0.427. The molecule has 10 aliphatic rings. The molecular weight excluding hydrogens is 556 g/mol. The molecule has 0 unspecified atom stereocenters. The van der Waals surface area contributed by atoms with Crippen LogP contribution in [0.15, 0.2) is 71.8 Å². The van der Waals surface area contributed by atoms with E-state index in [4.69, 9.17) is 9.47 Å². The summed E-state index contributed by atoms with van der Waals surface area (Å²) in [4.78, 5) is 11.5. The van der Waals surface area contributed by atoms with Crippen LogP contribution >= 0.6 is 0 Å². The molecule has 2 aliphatic carbocycles. The highest BCUT2D eigenvalue weighted by Gasteiger charge is 2.82. The number of para-hydroxylation sites is 2. The Morgan fingerprint density at radius 3 is 2.18 bits per heavy atom. The van der Waals surface area contributed by atoms with Crippen molar-refractivity contribution in [3.63, 3.8) is 0 Å². The molecular formula is C39H44N4O2. The average molecular weight is 601 g/mol. The molecule has 0 N–H and O–H groups in total. The molecule has 0 radical (unpaired) electrons. The lowest BCUT2D eigenvalue weighted by molar-refractivity contribution is -0.275. The number of nitrogens with zero attached hydrogens (tertiary/aromatic N) is 4. The molecule has 2 spiro atoms. The number of benzene rings is 2. The second-order valence-corrected chi connectivity index (χ2v) is 16.1. The Labute approximate surface area is 266 Å². The highest BCUT2D eigenvalue weighted by atomic mass is 16.6. The molecule has 0 aromatic heterocycles. The fraction of sp³-hybridized carbons (Fsp3) is 0.590. The van der Waals surface area contributed by atoms with Gasteiger partial charge in [0.1, 0.15) is 11.8 Å². The smallest absolute Gasteiger partial charge is 0.165 e. The number of anilines is 2. The van der Waals surface area contributed by atoms with Crippen molar-refractivity contribution >= 4 is 11.4 Å². The third-order valence-electron chi connectivity index (χ3n) is 15.7. The Bertz CT molecular complexity index is 1740. The van der Waals surface area contributed by atoms with Crippen molar-refractivity contribution in [2.24, 2.45) is 17.8 Å². The highest BCUT2D eigenvalue weighted by molar-refractivity contribution is 5.74. The number of methoxy groups -OCH3 is 1. The van der Waals surface area contributed by atoms with Gasteiger partial charge < -0.3 is 19.3 Å². The zero-order chi connectivity index (χ0) is 29.6. The molecule has 6 nitrogen and oxygen atoms in total. The lowest BCUT2D eigenvalue weighted by Gasteiger charge is -2.72. The lowest BCUT2D eigenvalue weighted by Crippen LogP contribution is -2.87. The SMILES string of the molecule is C/C=C1/CN2CC[C@]34c5ccccc5N5[C@H]3[C@H]([C@H]3O[C@@H]5[C@]5(OC)[C@@H]6N3c3ccccc3[C@@]63CCN6C/C(=C/C)[C@@H]5C[C@H]63)[C@H]1C[C@H]24. The summed E-state index contributed by atoms with van der Waals surface area (Å²) < 4.78 is 15.2. The molecule has 232 valence electrons. The summed E-state index contributed by atoms with van der Waals surface area (Å²) in [6.45, 7) is 9.15. The topological polar surface area (TPSA) is 31.4 Å². The summed E-state index contributed by atoms with van der Waals surface area (Å²) in [6.07, 6.45) is 9.73. The molecule has 6 heteroatoms. The van der Waals surface area contributed by atoms with E-state index in [0.717, 1.165) is 19.5 Å². The number of fused-ring (bicyclic) bond motifs is 14. The molecule has 0 amide bonds. The maximum Gasteiger partial charge on any atom is 0.165 e. The van der Waals surface area contributed by atoms with Gasteiger partial charge in [-0.25, -0.2) is 0 Å². The van der Waals surface area contributed by atoms with Gasteiger partial charge in [0.25, 0.3) is 0 Å². The van der Waals surface area contributed by atoms with E-state index in [9.17, 15) is 0 Å². The van der Waals surface area contributed by atoms with Crippen LogP contribution in [0.2, 0.25) is 0 Å². The molecule has 2 aromatic rings. The molecule has 6 bridgehead atoms. The van der Waals surface area contributed by atoms with E-state index in [1.54, 1.807) is 22.3 Å². The largest absolute Gasteiger partial charge is 0.371 e. The Hall–Kier alpha value is -2.64. The van der Waals surface area contributed by atoms with Crippen molar-refractivity contribution in [2.45, 2.75) is 92.6 Å². The normalized spacial score (nSPS) is 50.6. The van der Waals surface area contributed by atoms with E-state index < -0.39 is 5.60 Å². The van der Waals surface area contributed by atoms with E-state index in [1.165, 1.54) is 43.7 Å². The average Bonchev–Trinajstić information content (AvgIpc) is 3.84. The Kier molecular flexibility index (Phi) is 4.47. The first kappa shape index (κ1) is 25.4. The fourth-order valence-corrected chi connectivity index (χ4v) is 14.6. The van der Waals surface area contributed by atoms with Gasteiger partial charge in [0.15, 0.2) is 6.23 Å². The lowest BCUT2D eigenvalue weighted by atomic mass is 9.50. The van der Waals surface area contributed by atoms with E-state index in [0.29, 0.717) is 35.9 Å². The van der Waals surface area contributed by atoms with E-state index in [-0.39, 0.29) is 29.3 Å². The monoisotopic (exact) mass is 600 g/mol. The molecule has 8 heterocycles. The third-order valence-corrected chi connectivity index (χ3v) is 15.7. The van der Waals surface area contributed by atoms with Crippen LogP contribution in [0.5, 0.6) is 0 Å². The summed E-state index contributed by atoms with van der Waals surface area (Å²) in [5.41, 5.74) is 9.01. The molecule has 8 aliphatic heterocycles. The number of hydrogen-bond donors (Lipinski definition) is 0. The van der Waals surface area contributed by atoms with Gasteiger partial charge in [0, 0.05) is 66.3 Å². The van der Waals surface area contributed by atoms with E-state index in [2.05, 4.69) is 94.1 Å². The zero-order valence-electron chi connectivity index (χ0n) is 26.7. The Morgan fingerprint density at radius 1 is 0.800 bits per heavy atom. The van der Waals surface area contributed by atoms with E-state index >= 15 is 0 Å². The van der Waals surface area contributed by atoms with Crippen molar-refractivity contribution in [3.8, 4) is 0 Å². The van der Waals surface area contributed by atoms with Gasteiger partial charge in [-0.05, 0) is 81.8 Å². The van der Waals surface area contributed by atoms with Gasteiger partial charge in [0.2, 0.25) is 0 Å². The first-order valence-electron chi connectivity index (χ1n) is 17.9. The second kappa shape index (κ2) is 7.90. The van der Waals surface area contributed by atoms with Gasteiger partial charge in [-0.2, -0.15) is 0 Å². The minimum Gasteiger partial charge on any atom is -0.371 e. The maximum atomic E-state index is 7.85. The van der Waals surface area contributed by atoms with Crippen LogP contribution in [0.4, 0.5) is 11.4 Å². The number of allylic oxidation sites excluding steroid dienone is 2. The Balaban J connectivity index is 1.19. The minimum atomic E-state index is -0.470. The molecule has 45 heavy (non-hydrogen) atoms. The first-order valence-corrected chi connectivity index (χ1v) is 17.9. The zero-order valence-corrected chi connectivity index (χ0v) is 26.7. The first-order chi connectivity index (χ1) is 22.1. The van der Waals surface area contributed by atoms with Crippen LogP contribution < -0.4 is 9.80 Å². The van der Waals surface area contributed by atoms with Crippen molar-refractivity contribution in [1.82, 2.24) is 9.80 Å². The predicted octanol–water partition coefficient (Wildman–Crippen LogP) is 5.05. The fourth-order valence-electron chi connectivity index (χ4n) is 14.6. The molecule has 12 rings (SSSR count). The van der Waals surface area contributed by atoms with Gasteiger partial charge in [0.05, 0.1) is 12.1 Å². The van der Waals surface area contributed by atoms with Crippen LogP contribution in [0, 0.1) is 17.8 Å². The Morgan fingerprint density at radius 2 is 1.44 bits per heavy atom. The van der Waals surface area contributed by atoms with Crippen molar-refractivity contribution in [2.75, 3.05) is 43.1 Å². The summed E-state index contributed by atoms with van der Waals surface area (Å²) in [5.74, 6) is 1.29. The van der Waals surface area contributed by atoms with Crippen molar-refractivity contribution in [3.05, 3.63) is 83.0 Å². The van der Waals surface area contributed by atoms with Crippen LogP contribution in [0.25, 0.3) is 0 Å². The van der Waals surface area contributed by atoms with E-state index in [1.807, 2.05) is 7.11 Å². The summed E-state index contributed by atoms with van der Waals surface area (Å²) in [7, 11) is 2.04. The molecule has 2 saturated carbocycles. The maximum absolute atomic E-state index is 7.85. The predicted molar refractivity (Wildman–Crippen MR) is 174 cm³/mol. The van der Waals surface area contributed by atoms with Gasteiger partial charge in [-0.1, -0.05) is 59.7 Å². The highest BCUT2D eigenvalue weighted by Crippen LogP contribution is 2.73. The minimum absolute atomic E-state index is 0.0474. The summed E-state index contributed by atoms with van der Waals surface area (Å²) in [6, 6.07) is 20.9. The number of rotatable bonds is 1. The standard InChI is InChI=1S/C39H44N4O2/c1-4-22-20-40-16-14-37-25-10-6-8-12-28(25)42-33(37)32(24(22)18-30(37)40)34-43-29-13-9-7-11-26(29)38-15-17-41-21-23(5-2)27(19-31(38)41)39(44-3,35(38)43)36(42)45-34/h4-13,24,27,30-36H,14-21H2,1-3H3/b22-4-,23-5-/t24-,27-,30-,31-,32+,33-,34+,35+,36+,37+,38+,39+/m0/s1. The summed E-state index contributed by atoms with van der Waals surface area (Å²) in [5, 5.41) is 0. The number of hydrogen-bond acceptors (Lipinski definition) is 6. The van der Waals surface area contributed by atoms with Crippen molar-refractivity contribution in [1.29, 1.82) is 0 Å². The van der Waals surface area contributed by atoms with Crippen LogP contribution in [0.3, 0.4) is 0 Å². The molecule has 2 aromatic carbocycles. The van der Waals surface area contributed by atoms with Crippen LogP contribution in [0.1, 0.15) is 50.7 Å². The number of ether oxygens (including phenoxy) is 2. The van der Waals surface area contributed by atoms with Crippen molar-refractivity contribution < 1.29 is 9.47 Å².